The van der Waals surface area contributed by atoms with Gasteiger partial charge in [-0.05, 0) is 51.8 Å². The summed E-state index contributed by atoms with van der Waals surface area (Å²) in [6.07, 6.45) is 15.6. The fourth-order valence-corrected chi connectivity index (χ4v) is 5.02. The molecule has 1 saturated heterocycles. The maximum absolute atomic E-state index is 12.2. The van der Waals surface area contributed by atoms with E-state index < -0.39 is 5.60 Å². The van der Waals surface area contributed by atoms with Gasteiger partial charge < -0.3 is 20.8 Å². The number of nitrogens with zero attached hydrogens (tertiary/aromatic N) is 8. The standard InChI is InChI=1S/C19H26N6O2.C11H10N4S/c1-19(2,3)27-18(26)24-6-4-15(5-7-24)25-12-14(11-23-25)13-8-16(21)17(9-20)22-10-13;1-14-6-9(4-13-14)8-2-3-10-12-5-11(16)15(10)7-8/h8-12,15,20H,4-7,21H2,1-3H3;2-7,16H,1H3. The Balaban J connectivity index is 0.000000194. The van der Waals surface area contributed by atoms with Gasteiger partial charge in [-0.2, -0.15) is 10.2 Å². The van der Waals surface area contributed by atoms with Crippen molar-refractivity contribution in [3.05, 3.63) is 67.3 Å². The first kappa shape index (κ1) is 29.8. The number of imidazole rings is 1. The fraction of sp³-hybridized carbons (Fsp3) is 0.333. The van der Waals surface area contributed by atoms with E-state index in [1.54, 1.807) is 34.2 Å². The smallest absolute Gasteiger partial charge is 0.410 e. The predicted molar refractivity (Wildman–Crippen MR) is 168 cm³/mol. The molecule has 0 atom stereocenters. The van der Waals surface area contributed by atoms with E-state index in [0.29, 0.717) is 24.5 Å². The molecule has 224 valence electrons. The van der Waals surface area contributed by atoms with Crippen LogP contribution in [0.15, 0.2) is 66.6 Å². The summed E-state index contributed by atoms with van der Waals surface area (Å²) >= 11 is 4.35. The number of nitrogens with one attached hydrogen (secondary N) is 1. The highest BCUT2D eigenvalue weighted by atomic mass is 32.1. The first-order valence-electron chi connectivity index (χ1n) is 13.9. The van der Waals surface area contributed by atoms with E-state index in [-0.39, 0.29) is 12.1 Å². The summed E-state index contributed by atoms with van der Waals surface area (Å²) in [4.78, 5) is 22.3. The van der Waals surface area contributed by atoms with Crippen molar-refractivity contribution < 1.29 is 9.53 Å². The van der Waals surface area contributed by atoms with Crippen molar-refractivity contribution in [2.24, 2.45) is 7.05 Å². The number of piperidine rings is 1. The molecule has 0 aromatic carbocycles. The number of nitrogen functional groups attached to an aromatic ring is 1. The number of carbonyl (C=O) groups is 1. The summed E-state index contributed by atoms with van der Waals surface area (Å²) in [5.74, 6) is 0. The number of hydrogen-bond donors (Lipinski definition) is 3. The van der Waals surface area contributed by atoms with Crippen LogP contribution in [-0.4, -0.2) is 69.8 Å². The number of fused-ring (bicyclic) bond motifs is 1. The highest BCUT2D eigenvalue weighted by Gasteiger charge is 2.28. The third-order valence-electron chi connectivity index (χ3n) is 7.04. The Morgan fingerprint density at radius 3 is 2.37 bits per heavy atom. The lowest BCUT2D eigenvalue weighted by atomic mass is 10.1. The number of amides is 1. The van der Waals surface area contributed by atoms with Crippen LogP contribution in [0.1, 0.15) is 45.3 Å². The zero-order valence-electron chi connectivity index (χ0n) is 24.7. The second kappa shape index (κ2) is 12.3. The van der Waals surface area contributed by atoms with E-state index in [9.17, 15) is 4.79 Å². The number of ether oxygens (including phenoxy) is 1. The molecule has 1 amide bonds. The number of nitrogens with two attached hydrogens (primary N) is 1. The third-order valence-corrected chi connectivity index (χ3v) is 7.37. The van der Waals surface area contributed by atoms with Crippen LogP contribution in [0.2, 0.25) is 0 Å². The van der Waals surface area contributed by atoms with E-state index in [4.69, 9.17) is 15.9 Å². The molecule has 43 heavy (non-hydrogen) atoms. The number of rotatable bonds is 4. The maximum Gasteiger partial charge on any atom is 0.410 e. The van der Waals surface area contributed by atoms with E-state index in [2.05, 4.69) is 32.8 Å². The van der Waals surface area contributed by atoms with Crippen LogP contribution in [0.5, 0.6) is 0 Å². The van der Waals surface area contributed by atoms with Crippen molar-refractivity contribution in [2.75, 3.05) is 18.8 Å². The number of pyridine rings is 2. The Hall–Kier alpha value is -4.65. The van der Waals surface area contributed by atoms with Gasteiger partial charge in [0.1, 0.15) is 16.9 Å². The third kappa shape index (κ3) is 7.05. The topological polar surface area (TPSA) is 145 Å². The second-order valence-corrected chi connectivity index (χ2v) is 11.9. The molecule has 13 heteroatoms. The summed E-state index contributed by atoms with van der Waals surface area (Å²) in [5.41, 5.74) is 11.3. The van der Waals surface area contributed by atoms with E-state index in [0.717, 1.165) is 52.0 Å². The molecule has 0 bridgehead atoms. The van der Waals surface area contributed by atoms with Gasteiger partial charge in [0.2, 0.25) is 0 Å². The quantitative estimate of drug-likeness (QED) is 0.192. The van der Waals surface area contributed by atoms with Gasteiger partial charge in [0, 0.05) is 73.4 Å². The molecule has 6 rings (SSSR count). The lowest BCUT2D eigenvalue weighted by Gasteiger charge is -2.33. The first-order chi connectivity index (χ1) is 20.5. The number of aromatic nitrogens is 7. The Morgan fingerprint density at radius 2 is 1.72 bits per heavy atom. The molecule has 6 heterocycles. The van der Waals surface area contributed by atoms with Crippen LogP contribution in [0.3, 0.4) is 0 Å². The molecular weight excluding hydrogens is 564 g/mol. The maximum atomic E-state index is 12.2. The summed E-state index contributed by atoms with van der Waals surface area (Å²) < 4.78 is 11.1. The molecule has 0 unspecified atom stereocenters. The lowest BCUT2D eigenvalue weighted by Crippen LogP contribution is -2.42. The van der Waals surface area contributed by atoms with Crippen molar-refractivity contribution in [2.45, 2.75) is 50.3 Å². The zero-order chi connectivity index (χ0) is 30.7. The van der Waals surface area contributed by atoms with Crippen molar-refractivity contribution in [3.63, 3.8) is 0 Å². The molecule has 1 aliphatic heterocycles. The second-order valence-electron chi connectivity index (χ2n) is 11.4. The van der Waals surface area contributed by atoms with Crippen LogP contribution < -0.4 is 5.73 Å². The number of anilines is 1. The summed E-state index contributed by atoms with van der Waals surface area (Å²) in [6, 6.07) is 6.05. The van der Waals surface area contributed by atoms with Gasteiger partial charge >= 0.3 is 6.09 Å². The summed E-state index contributed by atoms with van der Waals surface area (Å²) in [7, 11) is 1.91. The van der Waals surface area contributed by atoms with Crippen LogP contribution in [0, 0.1) is 5.41 Å². The monoisotopic (exact) mass is 600 g/mol. The van der Waals surface area contributed by atoms with Gasteiger partial charge in [0.25, 0.3) is 0 Å². The van der Waals surface area contributed by atoms with Crippen molar-refractivity contribution in [1.82, 2.24) is 38.8 Å². The van der Waals surface area contributed by atoms with Crippen molar-refractivity contribution in [1.29, 1.82) is 5.41 Å². The molecular formula is C30H36N10O2S. The molecule has 0 aliphatic carbocycles. The van der Waals surface area contributed by atoms with Crippen LogP contribution in [-0.2, 0) is 11.8 Å². The largest absolute Gasteiger partial charge is 0.444 e. The van der Waals surface area contributed by atoms with E-state index in [1.807, 2.05) is 73.8 Å². The van der Waals surface area contributed by atoms with Gasteiger partial charge in [0.05, 0.1) is 35.3 Å². The number of carbonyl (C=O) groups excluding carboxylic acids is 1. The molecule has 5 aromatic heterocycles. The van der Waals surface area contributed by atoms with E-state index in [1.165, 1.54) is 0 Å². The Morgan fingerprint density at radius 1 is 1.00 bits per heavy atom. The first-order valence-corrected chi connectivity index (χ1v) is 14.4. The molecule has 1 aliphatic rings. The Kier molecular flexibility index (Phi) is 8.53. The average Bonchev–Trinajstić information content (AvgIpc) is 3.73. The molecule has 0 spiro atoms. The highest BCUT2D eigenvalue weighted by molar-refractivity contribution is 7.80. The van der Waals surface area contributed by atoms with Crippen molar-refractivity contribution in [3.8, 4) is 22.3 Å². The summed E-state index contributed by atoms with van der Waals surface area (Å²) in [5, 5.41) is 16.7. The molecule has 0 saturated carbocycles. The Labute approximate surface area is 255 Å². The molecule has 12 nitrogen and oxygen atoms in total. The summed E-state index contributed by atoms with van der Waals surface area (Å²) in [6.45, 7) is 6.92. The number of hydrogen-bond acceptors (Lipinski definition) is 9. The molecule has 3 N–H and O–H groups in total. The van der Waals surface area contributed by atoms with Gasteiger partial charge in [-0.3, -0.25) is 18.7 Å². The van der Waals surface area contributed by atoms with Gasteiger partial charge in [0.15, 0.2) is 0 Å². The fourth-order valence-electron chi connectivity index (χ4n) is 4.81. The van der Waals surface area contributed by atoms with Crippen molar-refractivity contribution >= 4 is 36.3 Å². The zero-order valence-corrected chi connectivity index (χ0v) is 25.6. The van der Waals surface area contributed by atoms with Gasteiger partial charge in [-0.25, -0.2) is 9.78 Å². The molecule has 1 fully saturated rings. The molecule has 0 radical (unpaired) electrons. The van der Waals surface area contributed by atoms with Gasteiger partial charge in [-0.1, -0.05) is 0 Å². The number of likely N-dealkylation sites (tertiary alicyclic amines) is 1. The van der Waals surface area contributed by atoms with Crippen LogP contribution in [0.25, 0.3) is 27.9 Å². The minimum atomic E-state index is -0.478. The Bertz CT molecular complexity index is 1740. The van der Waals surface area contributed by atoms with Crippen LogP contribution >= 0.6 is 12.6 Å². The number of thiol groups is 1. The number of aryl methyl sites for hydroxylation is 1. The van der Waals surface area contributed by atoms with Crippen LogP contribution in [0.4, 0.5) is 10.5 Å². The minimum absolute atomic E-state index is 0.239. The average molecular weight is 601 g/mol. The lowest BCUT2D eigenvalue weighted by molar-refractivity contribution is 0.0185. The predicted octanol–water partition coefficient (Wildman–Crippen LogP) is 5.12. The SMILES string of the molecule is CC(C)(C)OC(=O)N1CCC(n2cc(-c3cnc(C=N)c(N)c3)cn2)CC1.Cn1cc(-c2ccc3ncc(S)n3c2)cn1. The highest BCUT2D eigenvalue weighted by Crippen LogP contribution is 2.27. The minimum Gasteiger partial charge on any atom is -0.444 e. The van der Waals surface area contributed by atoms with Gasteiger partial charge in [-0.15, -0.1) is 12.6 Å². The van der Waals surface area contributed by atoms with E-state index >= 15 is 0 Å². The molecule has 5 aromatic rings. The normalized spacial score (nSPS) is 13.9.